The lowest BCUT2D eigenvalue weighted by Crippen LogP contribution is -1.90. The monoisotopic (exact) mass is 245 g/mol. The van der Waals surface area contributed by atoms with Gasteiger partial charge in [-0.2, -0.15) is 0 Å². The van der Waals surface area contributed by atoms with Crippen LogP contribution in [0.5, 0.6) is 0 Å². The zero-order valence-electron chi connectivity index (χ0n) is 10.3. The van der Waals surface area contributed by atoms with Gasteiger partial charge in [0.2, 0.25) is 0 Å². The molecule has 2 aromatic rings. The molecule has 2 nitrogen and oxygen atoms in total. The van der Waals surface area contributed by atoms with Gasteiger partial charge in [-0.3, -0.25) is 4.79 Å². The average Bonchev–Trinajstić information content (AvgIpc) is 2.71. The van der Waals surface area contributed by atoms with Crippen molar-refractivity contribution in [3.8, 4) is 10.4 Å². The number of Topliss-reactive ketones (excluding diaryl/α,β-unsaturated/α-hetero) is 1. The van der Waals surface area contributed by atoms with Crippen LogP contribution in [0, 0.1) is 6.92 Å². The molecule has 88 valence electrons. The minimum absolute atomic E-state index is 0.104. The summed E-state index contributed by atoms with van der Waals surface area (Å²) in [4.78, 5) is 16.9. The number of ketones is 1. The Morgan fingerprint density at radius 2 is 1.94 bits per heavy atom. The Hall–Kier alpha value is -1.48. The Morgan fingerprint density at radius 3 is 2.41 bits per heavy atom. The number of rotatable bonds is 3. The first-order valence-electron chi connectivity index (χ1n) is 5.69. The van der Waals surface area contributed by atoms with Crippen molar-refractivity contribution >= 4 is 17.1 Å². The van der Waals surface area contributed by atoms with Gasteiger partial charge < -0.3 is 0 Å². The van der Waals surface area contributed by atoms with Gasteiger partial charge in [-0.05, 0) is 25.8 Å². The highest BCUT2D eigenvalue weighted by molar-refractivity contribution is 7.15. The second kappa shape index (κ2) is 4.80. The fraction of sp³-hybridized carbons (Fsp3) is 0.286. The summed E-state index contributed by atoms with van der Waals surface area (Å²) in [7, 11) is 0. The molecule has 0 fully saturated rings. The van der Waals surface area contributed by atoms with Crippen LogP contribution < -0.4 is 0 Å². The van der Waals surface area contributed by atoms with Crippen LogP contribution in [0.1, 0.15) is 34.9 Å². The number of benzene rings is 1. The Morgan fingerprint density at radius 1 is 1.29 bits per heavy atom. The number of aryl methyl sites for hydroxylation is 2. The third-order valence-electron chi connectivity index (χ3n) is 2.70. The van der Waals surface area contributed by atoms with Gasteiger partial charge >= 0.3 is 0 Å². The van der Waals surface area contributed by atoms with Gasteiger partial charge in [0, 0.05) is 5.56 Å². The number of carbonyl (C=O) groups is 1. The fourth-order valence-corrected chi connectivity index (χ4v) is 2.74. The van der Waals surface area contributed by atoms with Crippen LogP contribution in [0.2, 0.25) is 0 Å². The topological polar surface area (TPSA) is 30.0 Å². The van der Waals surface area contributed by atoms with Crippen molar-refractivity contribution in [1.29, 1.82) is 0 Å². The van der Waals surface area contributed by atoms with Crippen molar-refractivity contribution in [3.63, 3.8) is 0 Å². The summed E-state index contributed by atoms with van der Waals surface area (Å²) in [5, 5.41) is 1.16. The van der Waals surface area contributed by atoms with Gasteiger partial charge in [0.25, 0.3) is 0 Å². The second-order valence-electron chi connectivity index (χ2n) is 4.01. The van der Waals surface area contributed by atoms with Crippen molar-refractivity contribution in [1.82, 2.24) is 4.98 Å². The van der Waals surface area contributed by atoms with E-state index in [0.29, 0.717) is 0 Å². The van der Waals surface area contributed by atoms with Gasteiger partial charge in [0.1, 0.15) is 0 Å². The summed E-state index contributed by atoms with van der Waals surface area (Å²) >= 11 is 1.73. The Labute approximate surface area is 105 Å². The van der Waals surface area contributed by atoms with E-state index in [1.165, 1.54) is 4.88 Å². The van der Waals surface area contributed by atoms with E-state index in [1.54, 1.807) is 18.3 Å². The first-order valence-corrected chi connectivity index (χ1v) is 6.51. The lowest BCUT2D eigenvalue weighted by Gasteiger charge is -2.00. The highest BCUT2D eigenvalue weighted by atomic mass is 32.1. The van der Waals surface area contributed by atoms with Crippen molar-refractivity contribution < 1.29 is 4.79 Å². The van der Waals surface area contributed by atoms with Crippen LogP contribution in [0.15, 0.2) is 24.3 Å². The van der Waals surface area contributed by atoms with E-state index < -0.39 is 0 Å². The number of hydrogen-bond acceptors (Lipinski definition) is 3. The Kier molecular flexibility index (Phi) is 3.38. The van der Waals surface area contributed by atoms with Crippen molar-refractivity contribution in [3.05, 3.63) is 40.5 Å². The van der Waals surface area contributed by atoms with Crippen LogP contribution in [0.3, 0.4) is 0 Å². The first-order chi connectivity index (χ1) is 8.11. The van der Waals surface area contributed by atoms with Crippen molar-refractivity contribution in [2.45, 2.75) is 27.2 Å². The summed E-state index contributed by atoms with van der Waals surface area (Å²) in [5.41, 5.74) is 2.97. The lowest BCUT2D eigenvalue weighted by atomic mass is 10.1. The van der Waals surface area contributed by atoms with Crippen LogP contribution in [0.4, 0.5) is 0 Å². The number of carbonyl (C=O) groups excluding carboxylic acids is 1. The number of hydrogen-bond donors (Lipinski definition) is 0. The SMILES string of the molecule is CCc1nc(C)c(-c2ccc(C(C)=O)cc2)s1. The molecule has 0 aliphatic heterocycles. The molecule has 0 spiro atoms. The van der Waals surface area contributed by atoms with Crippen LogP contribution in [-0.2, 0) is 6.42 Å². The minimum atomic E-state index is 0.104. The summed E-state index contributed by atoms with van der Waals surface area (Å²) in [5.74, 6) is 0.104. The molecule has 0 aliphatic rings. The van der Waals surface area contributed by atoms with E-state index in [1.807, 2.05) is 31.2 Å². The average molecular weight is 245 g/mol. The third-order valence-corrected chi connectivity index (χ3v) is 4.05. The highest BCUT2D eigenvalue weighted by Crippen LogP contribution is 2.30. The van der Waals surface area contributed by atoms with Gasteiger partial charge in [0.05, 0.1) is 15.6 Å². The molecule has 0 bridgehead atoms. The normalized spacial score (nSPS) is 10.5. The van der Waals surface area contributed by atoms with E-state index in [4.69, 9.17) is 0 Å². The largest absolute Gasteiger partial charge is 0.295 e. The predicted octanol–water partition coefficient (Wildman–Crippen LogP) is 3.88. The highest BCUT2D eigenvalue weighted by Gasteiger charge is 2.09. The molecule has 0 radical (unpaired) electrons. The van der Waals surface area contributed by atoms with E-state index in [0.717, 1.165) is 28.2 Å². The minimum Gasteiger partial charge on any atom is -0.295 e. The zero-order chi connectivity index (χ0) is 12.4. The maximum Gasteiger partial charge on any atom is 0.159 e. The lowest BCUT2D eigenvalue weighted by molar-refractivity contribution is 0.101. The Balaban J connectivity index is 2.39. The summed E-state index contributed by atoms with van der Waals surface area (Å²) in [6.45, 7) is 5.73. The molecule has 1 aromatic carbocycles. The van der Waals surface area contributed by atoms with Crippen LogP contribution in [-0.4, -0.2) is 10.8 Å². The molecule has 1 heterocycles. The fourth-order valence-electron chi connectivity index (χ4n) is 1.73. The molecule has 0 atom stereocenters. The van der Waals surface area contributed by atoms with E-state index >= 15 is 0 Å². The number of nitrogens with zero attached hydrogens (tertiary/aromatic N) is 1. The van der Waals surface area contributed by atoms with Gasteiger partial charge in [0.15, 0.2) is 5.78 Å². The van der Waals surface area contributed by atoms with Gasteiger partial charge in [-0.15, -0.1) is 11.3 Å². The summed E-state index contributed by atoms with van der Waals surface area (Å²) < 4.78 is 0. The maximum absolute atomic E-state index is 11.2. The van der Waals surface area contributed by atoms with E-state index in [-0.39, 0.29) is 5.78 Å². The molecule has 17 heavy (non-hydrogen) atoms. The molecule has 0 unspecified atom stereocenters. The van der Waals surface area contributed by atoms with Crippen LogP contribution >= 0.6 is 11.3 Å². The molecule has 0 N–H and O–H groups in total. The molecular formula is C14H15NOS. The first kappa shape index (κ1) is 12.0. The molecule has 1 aromatic heterocycles. The standard InChI is InChI=1S/C14H15NOS/c1-4-13-15-9(2)14(17-13)12-7-5-11(6-8-12)10(3)16/h5-8H,4H2,1-3H3. The van der Waals surface area contributed by atoms with Crippen molar-refractivity contribution in [2.75, 3.05) is 0 Å². The molecule has 3 heteroatoms. The Bertz CT molecular complexity index is 540. The molecule has 0 aliphatic carbocycles. The number of aromatic nitrogens is 1. The van der Waals surface area contributed by atoms with Crippen LogP contribution in [0.25, 0.3) is 10.4 Å². The zero-order valence-corrected chi connectivity index (χ0v) is 11.1. The molecule has 0 amide bonds. The maximum atomic E-state index is 11.2. The van der Waals surface area contributed by atoms with E-state index in [2.05, 4.69) is 11.9 Å². The smallest absolute Gasteiger partial charge is 0.159 e. The second-order valence-corrected chi connectivity index (χ2v) is 5.09. The molecule has 2 rings (SSSR count). The summed E-state index contributed by atoms with van der Waals surface area (Å²) in [6, 6.07) is 7.75. The molecule has 0 saturated heterocycles. The quantitative estimate of drug-likeness (QED) is 0.768. The predicted molar refractivity (Wildman–Crippen MR) is 71.7 cm³/mol. The van der Waals surface area contributed by atoms with E-state index in [9.17, 15) is 4.79 Å². The summed E-state index contributed by atoms with van der Waals surface area (Å²) in [6.07, 6.45) is 0.969. The number of thiazole rings is 1. The molecule has 0 saturated carbocycles. The van der Waals surface area contributed by atoms with Crippen molar-refractivity contribution in [2.24, 2.45) is 0 Å². The third kappa shape index (κ3) is 2.44. The van der Waals surface area contributed by atoms with Gasteiger partial charge in [-0.25, -0.2) is 4.98 Å². The van der Waals surface area contributed by atoms with Gasteiger partial charge in [-0.1, -0.05) is 31.2 Å². The molecular weight excluding hydrogens is 230 g/mol.